The van der Waals surface area contributed by atoms with E-state index in [0.717, 1.165) is 51.4 Å². The zero-order chi connectivity index (χ0) is 35.9. The molecule has 0 amide bonds. The molecule has 4 rings (SSSR count). The molecule has 4 aliphatic carbocycles. The summed E-state index contributed by atoms with van der Waals surface area (Å²) in [6.07, 6.45) is 40.3. The van der Waals surface area contributed by atoms with Crippen molar-refractivity contribution in [3.63, 3.8) is 0 Å². The Morgan fingerprint density at radius 2 is 0.653 bits per heavy atom. The van der Waals surface area contributed by atoms with E-state index in [-0.39, 0.29) is 10.8 Å². The second-order valence-electron chi connectivity index (χ2n) is 16.8. The zero-order valence-electron chi connectivity index (χ0n) is 31.6. The molecule has 0 unspecified atom stereocenters. The molecule has 0 aromatic rings. The number of aliphatic hydroxyl groups is 2. The van der Waals surface area contributed by atoms with Crippen LogP contribution < -0.4 is 0 Å². The molecule has 0 bridgehead atoms. The van der Waals surface area contributed by atoms with E-state index in [4.69, 9.17) is 10.2 Å². The topological polar surface area (TPSA) is 115 Å². The Kier molecular flexibility index (Phi) is 22.1. The van der Waals surface area contributed by atoms with Gasteiger partial charge < -0.3 is 20.4 Å². The molecule has 0 spiro atoms. The Balaban J connectivity index is 0.000000316. The van der Waals surface area contributed by atoms with Gasteiger partial charge in [0.25, 0.3) is 0 Å². The third-order valence-corrected chi connectivity index (χ3v) is 12.4. The second kappa shape index (κ2) is 24.4. The van der Waals surface area contributed by atoms with Gasteiger partial charge in [0.2, 0.25) is 0 Å². The number of carbonyl (C=O) groups is 2. The molecule has 4 N–H and O–H groups in total. The first kappa shape index (κ1) is 44.3. The van der Waals surface area contributed by atoms with Crippen LogP contribution >= 0.6 is 12.1 Å². The molecular formula is C41H75BO6S. The fourth-order valence-corrected chi connectivity index (χ4v) is 7.53. The Labute approximate surface area is 306 Å². The van der Waals surface area contributed by atoms with Crippen LogP contribution in [-0.4, -0.2) is 51.7 Å². The van der Waals surface area contributed by atoms with Crippen molar-refractivity contribution in [3.05, 3.63) is 0 Å². The van der Waals surface area contributed by atoms with E-state index in [9.17, 15) is 19.8 Å². The summed E-state index contributed by atoms with van der Waals surface area (Å²) in [7, 11) is 0. The normalized spacial score (nSPS) is 19.3. The maximum Gasteiger partial charge on any atom is 0.309 e. The Morgan fingerprint density at radius 1 is 0.449 bits per heavy atom. The van der Waals surface area contributed by atoms with Gasteiger partial charge in [-0.15, -0.1) is 0 Å². The summed E-state index contributed by atoms with van der Waals surface area (Å²) in [4.78, 5) is 22.1. The molecule has 0 aromatic carbocycles. The minimum absolute atomic E-state index is 0.334. The monoisotopic (exact) mass is 707 g/mol. The number of carboxylic acid groups (broad SMARTS) is 2. The van der Waals surface area contributed by atoms with Crippen LogP contribution in [0.3, 0.4) is 0 Å². The van der Waals surface area contributed by atoms with Crippen LogP contribution in [0.1, 0.15) is 205 Å². The number of rotatable bonds is 30. The first-order chi connectivity index (χ1) is 23.7. The first-order valence-electron chi connectivity index (χ1n) is 20.8. The van der Waals surface area contributed by atoms with Crippen molar-refractivity contribution < 1.29 is 30.0 Å². The number of aliphatic hydroxyl groups excluding tert-OH is 2. The van der Waals surface area contributed by atoms with Gasteiger partial charge in [0.1, 0.15) is 0 Å². The van der Waals surface area contributed by atoms with Crippen LogP contribution in [0.5, 0.6) is 0 Å². The van der Waals surface area contributed by atoms with E-state index >= 15 is 0 Å². The predicted octanol–water partition coefficient (Wildman–Crippen LogP) is 11.5. The van der Waals surface area contributed by atoms with E-state index in [1.807, 2.05) is 6.82 Å². The summed E-state index contributed by atoms with van der Waals surface area (Å²) >= 11 is 4.27. The van der Waals surface area contributed by atoms with Crippen molar-refractivity contribution in [2.45, 2.75) is 212 Å². The molecule has 0 saturated heterocycles. The number of aliphatic carboxylic acids is 2. The standard InChI is InChI=1S/C20H34O4.C20H38O2.CH3BS/c21-17(22)19(13-14-19)11-9-7-5-3-1-2-4-6-8-10-12-20(15-16-20)18(23)24;21-17-19(13-14-19)11-9-7-5-3-1-2-4-6-8-10-12-20(18-22)15-16-20;1-2-3/h1-16H2,(H,21,22)(H,23,24);21-22H,1-18H2;1H3. The quantitative estimate of drug-likeness (QED) is 0.0434. The SMILES string of the molecule is CB=S.O=C(O)C1(CCCCCCCCCCCCC2(C(=O)O)CC2)CC1.OCC1(CCCCCCCCCCCCC2(CO)CC2)CC1. The van der Waals surface area contributed by atoms with E-state index in [2.05, 4.69) is 12.1 Å². The van der Waals surface area contributed by atoms with Crippen molar-refractivity contribution in [1.29, 1.82) is 0 Å². The molecule has 4 fully saturated rings. The van der Waals surface area contributed by atoms with Crippen LogP contribution in [0.25, 0.3) is 0 Å². The third kappa shape index (κ3) is 19.0. The fraction of sp³-hybridized carbons (Fsp3) is 0.951. The molecule has 49 heavy (non-hydrogen) atoms. The number of unbranched alkanes of at least 4 members (excludes halogenated alkanes) is 18. The maximum absolute atomic E-state index is 11.1. The molecular weight excluding hydrogens is 631 g/mol. The van der Waals surface area contributed by atoms with Gasteiger partial charge in [-0.2, -0.15) is 0 Å². The minimum atomic E-state index is -0.585. The number of hydrogen-bond acceptors (Lipinski definition) is 5. The van der Waals surface area contributed by atoms with Crippen molar-refractivity contribution in [2.24, 2.45) is 21.7 Å². The van der Waals surface area contributed by atoms with Crippen molar-refractivity contribution in [1.82, 2.24) is 0 Å². The van der Waals surface area contributed by atoms with E-state index in [0.29, 0.717) is 24.0 Å². The molecule has 4 aliphatic rings. The maximum atomic E-state index is 11.1. The van der Waals surface area contributed by atoms with Gasteiger partial charge in [-0.05, 0) is 87.9 Å². The zero-order valence-corrected chi connectivity index (χ0v) is 32.4. The minimum Gasteiger partial charge on any atom is -0.481 e. The Bertz CT molecular complexity index is 840. The van der Waals surface area contributed by atoms with E-state index in [1.165, 1.54) is 154 Å². The predicted molar refractivity (Wildman–Crippen MR) is 206 cm³/mol. The van der Waals surface area contributed by atoms with Gasteiger partial charge >= 0.3 is 37.0 Å². The average Bonchev–Trinajstić information content (AvgIpc) is 3.90. The summed E-state index contributed by atoms with van der Waals surface area (Å²) in [5, 5.41) is 36.8. The molecule has 284 valence electrons. The van der Waals surface area contributed by atoms with Gasteiger partial charge in [-0.25, -0.2) is 0 Å². The average molecular weight is 707 g/mol. The first-order valence-corrected chi connectivity index (χ1v) is 21.2. The summed E-state index contributed by atoms with van der Waals surface area (Å²) in [5.74, 6) is -1.17. The third-order valence-electron chi connectivity index (χ3n) is 12.4. The van der Waals surface area contributed by atoms with Crippen LogP contribution in [0.2, 0.25) is 6.82 Å². The number of carboxylic acids is 2. The molecule has 8 heteroatoms. The Hall–Kier alpha value is -0.855. The summed E-state index contributed by atoms with van der Waals surface area (Å²) in [6, 6.07) is 0. The van der Waals surface area contributed by atoms with Gasteiger partial charge in [0, 0.05) is 13.2 Å². The summed E-state index contributed by atoms with van der Waals surface area (Å²) in [6.45, 7) is 2.66. The smallest absolute Gasteiger partial charge is 0.309 e. The molecule has 0 atom stereocenters. The molecule has 0 heterocycles. The van der Waals surface area contributed by atoms with Crippen molar-refractivity contribution in [2.75, 3.05) is 13.2 Å². The second-order valence-corrected chi connectivity index (χ2v) is 17.3. The Morgan fingerprint density at radius 3 is 0.816 bits per heavy atom. The van der Waals surface area contributed by atoms with Crippen LogP contribution in [0, 0.1) is 21.7 Å². The van der Waals surface area contributed by atoms with Crippen molar-refractivity contribution >= 4 is 30.1 Å². The van der Waals surface area contributed by atoms with E-state index in [1.54, 1.807) is 6.15 Å². The summed E-state index contributed by atoms with van der Waals surface area (Å²) in [5.41, 5.74) is 0.0729. The van der Waals surface area contributed by atoms with Crippen molar-refractivity contribution in [3.8, 4) is 0 Å². The largest absolute Gasteiger partial charge is 0.481 e. The van der Waals surface area contributed by atoms with Gasteiger partial charge in [0.05, 0.1) is 10.8 Å². The van der Waals surface area contributed by atoms with Crippen LogP contribution in [0.15, 0.2) is 0 Å². The van der Waals surface area contributed by atoms with Gasteiger partial charge in [-0.3, -0.25) is 9.59 Å². The molecule has 0 aliphatic heterocycles. The summed E-state index contributed by atoms with van der Waals surface area (Å²) < 4.78 is 0. The molecule has 4 saturated carbocycles. The van der Waals surface area contributed by atoms with Gasteiger partial charge in [0.15, 0.2) is 0 Å². The van der Waals surface area contributed by atoms with E-state index < -0.39 is 11.9 Å². The number of hydrogen-bond donors (Lipinski definition) is 4. The molecule has 6 nitrogen and oxygen atoms in total. The molecule has 0 aromatic heterocycles. The van der Waals surface area contributed by atoms with Gasteiger partial charge in [-0.1, -0.05) is 128 Å². The molecule has 0 radical (unpaired) electrons. The van der Waals surface area contributed by atoms with Crippen LogP contribution in [-0.2, 0) is 9.59 Å². The van der Waals surface area contributed by atoms with Crippen LogP contribution in [0.4, 0.5) is 0 Å². The fourth-order valence-electron chi connectivity index (χ4n) is 7.53.